The van der Waals surface area contributed by atoms with E-state index in [9.17, 15) is 4.79 Å². The van der Waals surface area contributed by atoms with Gasteiger partial charge in [-0.3, -0.25) is 4.79 Å². The van der Waals surface area contributed by atoms with Crippen LogP contribution in [0.3, 0.4) is 0 Å². The van der Waals surface area contributed by atoms with Crippen LogP contribution in [0.15, 0.2) is 24.3 Å². The molecular formula is C17H22N2O2S. The van der Waals surface area contributed by atoms with Gasteiger partial charge in [0, 0.05) is 23.5 Å². The fraction of sp³-hybridized carbons (Fsp3) is 0.412. The van der Waals surface area contributed by atoms with Crippen LogP contribution in [-0.4, -0.2) is 36.0 Å². The van der Waals surface area contributed by atoms with Crippen molar-refractivity contribution >= 4 is 17.2 Å². The van der Waals surface area contributed by atoms with Gasteiger partial charge in [0.2, 0.25) is 5.91 Å². The van der Waals surface area contributed by atoms with Gasteiger partial charge >= 0.3 is 0 Å². The molecule has 0 atom stereocenters. The van der Waals surface area contributed by atoms with E-state index in [1.54, 1.807) is 18.4 Å². The number of methoxy groups -OCH3 is 1. The maximum atomic E-state index is 12.2. The van der Waals surface area contributed by atoms with Gasteiger partial charge in [0.1, 0.15) is 10.8 Å². The van der Waals surface area contributed by atoms with E-state index in [4.69, 9.17) is 4.74 Å². The van der Waals surface area contributed by atoms with Crippen molar-refractivity contribution < 1.29 is 9.53 Å². The summed E-state index contributed by atoms with van der Waals surface area (Å²) in [6.45, 7) is 7.47. The Kier molecular flexibility index (Phi) is 5.55. The van der Waals surface area contributed by atoms with Crippen LogP contribution >= 0.6 is 11.3 Å². The lowest BCUT2D eigenvalue weighted by atomic mass is 10.2. The lowest BCUT2D eigenvalue weighted by Crippen LogP contribution is -2.31. The number of benzene rings is 1. The minimum atomic E-state index is 0.165. The van der Waals surface area contributed by atoms with E-state index in [1.165, 1.54) is 0 Å². The Balaban J connectivity index is 2.18. The molecule has 22 heavy (non-hydrogen) atoms. The molecule has 118 valence electrons. The Bertz CT molecular complexity index is 631. The molecule has 0 fully saturated rings. The molecule has 1 aromatic carbocycles. The maximum Gasteiger partial charge on any atom is 0.227 e. The second kappa shape index (κ2) is 7.40. The number of aromatic nitrogens is 1. The van der Waals surface area contributed by atoms with Crippen LogP contribution < -0.4 is 4.74 Å². The summed E-state index contributed by atoms with van der Waals surface area (Å²) in [5.41, 5.74) is 1.99. The first-order valence-corrected chi connectivity index (χ1v) is 8.29. The number of hydrogen-bond acceptors (Lipinski definition) is 4. The molecule has 0 N–H and O–H groups in total. The normalized spacial score (nSPS) is 10.5. The maximum absolute atomic E-state index is 12.2. The molecule has 0 unspecified atom stereocenters. The fourth-order valence-corrected chi connectivity index (χ4v) is 3.33. The van der Waals surface area contributed by atoms with Gasteiger partial charge in [0.15, 0.2) is 0 Å². The number of amides is 1. The zero-order valence-corrected chi connectivity index (χ0v) is 14.4. The predicted molar refractivity (Wildman–Crippen MR) is 90.5 cm³/mol. The van der Waals surface area contributed by atoms with Crippen molar-refractivity contribution in [2.75, 3.05) is 20.2 Å². The molecule has 0 radical (unpaired) electrons. The molecule has 0 aliphatic rings. The summed E-state index contributed by atoms with van der Waals surface area (Å²) in [5.74, 6) is 0.993. The third kappa shape index (κ3) is 3.65. The zero-order chi connectivity index (χ0) is 16.1. The molecule has 1 amide bonds. The number of carbonyl (C=O) groups excluding carboxylic acids is 1. The highest BCUT2D eigenvalue weighted by molar-refractivity contribution is 7.15. The van der Waals surface area contributed by atoms with Gasteiger partial charge in [0.05, 0.1) is 19.2 Å². The highest BCUT2D eigenvalue weighted by Crippen LogP contribution is 2.29. The number of rotatable bonds is 6. The van der Waals surface area contributed by atoms with Crippen LogP contribution in [0.1, 0.15) is 24.4 Å². The second-order valence-corrected chi connectivity index (χ2v) is 6.08. The lowest BCUT2D eigenvalue weighted by molar-refractivity contribution is -0.130. The van der Waals surface area contributed by atoms with Crippen LogP contribution in [0.4, 0.5) is 0 Å². The monoisotopic (exact) mass is 318 g/mol. The zero-order valence-electron chi connectivity index (χ0n) is 13.5. The van der Waals surface area contributed by atoms with Gasteiger partial charge in [-0.1, -0.05) is 0 Å². The van der Waals surface area contributed by atoms with Crippen molar-refractivity contribution in [2.24, 2.45) is 0 Å². The van der Waals surface area contributed by atoms with Gasteiger partial charge in [-0.15, -0.1) is 11.3 Å². The van der Waals surface area contributed by atoms with Gasteiger partial charge in [0.25, 0.3) is 0 Å². The molecule has 2 rings (SSSR count). The average Bonchev–Trinajstić information content (AvgIpc) is 2.89. The van der Waals surface area contributed by atoms with Crippen LogP contribution in [0.5, 0.6) is 5.75 Å². The van der Waals surface area contributed by atoms with Crippen molar-refractivity contribution in [1.82, 2.24) is 9.88 Å². The molecule has 0 aliphatic heterocycles. The van der Waals surface area contributed by atoms with Gasteiger partial charge in [-0.05, 0) is 45.0 Å². The molecule has 0 spiro atoms. The molecule has 0 saturated carbocycles. The molecule has 4 nitrogen and oxygen atoms in total. The van der Waals surface area contributed by atoms with Crippen LogP contribution in [0.2, 0.25) is 0 Å². The molecule has 0 bridgehead atoms. The van der Waals surface area contributed by atoms with E-state index in [2.05, 4.69) is 4.98 Å². The standard InChI is InChI=1S/C17H22N2O2S/c1-5-19(6-2)16(20)11-15-12(3)18-17(22-15)13-7-9-14(21-4)10-8-13/h7-10H,5-6,11H2,1-4H3. The second-order valence-electron chi connectivity index (χ2n) is 5.00. The Morgan fingerprint density at radius 3 is 2.41 bits per heavy atom. The summed E-state index contributed by atoms with van der Waals surface area (Å²) in [6.07, 6.45) is 0.432. The first kappa shape index (κ1) is 16.5. The quantitative estimate of drug-likeness (QED) is 0.818. The van der Waals surface area contributed by atoms with E-state index in [1.807, 2.05) is 49.9 Å². The van der Waals surface area contributed by atoms with Crippen molar-refractivity contribution in [3.8, 4) is 16.3 Å². The summed E-state index contributed by atoms with van der Waals surface area (Å²) in [6, 6.07) is 7.83. The van der Waals surface area contributed by atoms with Gasteiger partial charge < -0.3 is 9.64 Å². The Hall–Kier alpha value is -1.88. The molecule has 0 saturated heterocycles. The minimum absolute atomic E-state index is 0.165. The summed E-state index contributed by atoms with van der Waals surface area (Å²) in [7, 11) is 1.65. The number of thiazole rings is 1. The number of aryl methyl sites for hydroxylation is 1. The number of ether oxygens (including phenoxy) is 1. The van der Waals surface area contributed by atoms with Crippen molar-refractivity contribution in [2.45, 2.75) is 27.2 Å². The topological polar surface area (TPSA) is 42.4 Å². The van der Waals surface area contributed by atoms with Crippen molar-refractivity contribution in [3.63, 3.8) is 0 Å². The first-order chi connectivity index (χ1) is 10.6. The van der Waals surface area contributed by atoms with Crippen LogP contribution in [0, 0.1) is 6.92 Å². The van der Waals surface area contributed by atoms with Gasteiger partial charge in [-0.25, -0.2) is 4.98 Å². The average molecular weight is 318 g/mol. The third-order valence-corrected chi connectivity index (χ3v) is 4.86. The summed E-state index contributed by atoms with van der Waals surface area (Å²) >= 11 is 1.59. The van der Waals surface area contributed by atoms with Crippen LogP contribution in [-0.2, 0) is 11.2 Å². The fourth-order valence-electron chi connectivity index (χ4n) is 2.27. The van der Waals surface area contributed by atoms with E-state index >= 15 is 0 Å². The van der Waals surface area contributed by atoms with Crippen molar-refractivity contribution in [1.29, 1.82) is 0 Å². The molecular weight excluding hydrogens is 296 g/mol. The molecule has 2 aromatic rings. The summed E-state index contributed by atoms with van der Waals surface area (Å²) in [4.78, 5) is 19.7. The van der Waals surface area contributed by atoms with Gasteiger partial charge in [-0.2, -0.15) is 0 Å². The first-order valence-electron chi connectivity index (χ1n) is 7.47. The smallest absolute Gasteiger partial charge is 0.227 e. The Labute approximate surface area is 135 Å². The number of likely N-dealkylation sites (N-methyl/N-ethyl adjacent to an activating group) is 1. The van der Waals surface area contributed by atoms with Crippen LogP contribution in [0.25, 0.3) is 10.6 Å². The van der Waals surface area contributed by atoms with E-state index < -0.39 is 0 Å². The highest BCUT2D eigenvalue weighted by Gasteiger charge is 2.16. The molecule has 5 heteroatoms. The molecule has 1 aromatic heterocycles. The molecule has 0 aliphatic carbocycles. The van der Waals surface area contributed by atoms with E-state index in [0.29, 0.717) is 6.42 Å². The lowest BCUT2D eigenvalue weighted by Gasteiger charge is -2.18. The minimum Gasteiger partial charge on any atom is -0.497 e. The number of hydrogen-bond donors (Lipinski definition) is 0. The predicted octanol–water partition coefficient (Wildman–Crippen LogP) is 3.54. The SMILES string of the molecule is CCN(CC)C(=O)Cc1sc(-c2ccc(OC)cc2)nc1C. The summed E-state index contributed by atoms with van der Waals surface area (Å²) in [5, 5.41) is 0.947. The Morgan fingerprint density at radius 1 is 1.23 bits per heavy atom. The Morgan fingerprint density at radius 2 is 1.86 bits per heavy atom. The number of nitrogens with zero attached hydrogens (tertiary/aromatic N) is 2. The molecule has 1 heterocycles. The van der Waals surface area contributed by atoms with Crippen molar-refractivity contribution in [3.05, 3.63) is 34.8 Å². The van der Waals surface area contributed by atoms with E-state index in [-0.39, 0.29) is 5.91 Å². The number of carbonyl (C=O) groups is 1. The highest BCUT2D eigenvalue weighted by atomic mass is 32.1. The largest absolute Gasteiger partial charge is 0.497 e. The third-order valence-electron chi connectivity index (χ3n) is 3.66. The summed E-state index contributed by atoms with van der Waals surface area (Å²) < 4.78 is 5.17. The van der Waals surface area contributed by atoms with E-state index in [0.717, 1.165) is 40.0 Å².